The predicted octanol–water partition coefficient (Wildman–Crippen LogP) is 5.71. The zero-order valence-electron chi connectivity index (χ0n) is 19.2. The molecule has 0 atom stereocenters. The van der Waals surface area contributed by atoms with E-state index in [1.807, 2.05) is 0 Å². The fourth-order valence-corrected chi connectivity index (χ4v) is 4.55. The summed E-state index contributed by atoms with van der Waals surface area (Å²) in [6.07, 6.45) is 1.73. The lowest BCUT2D eigenvalue weighted by Crippen LogP contribution is -2.19. The number of hydrazone groups is 1. The van der Waals surface area contributed by atoms with Crippen molar-refractivity contribution in [2.45, 2.75) is 47.3 Å². The van der Waals surface area contributed by atoms with E-state index in [2.05, 4.69) is 99.1 Å². The maximum absolute atomic E-state index is 12.2. The molecule has 162 valence electrons. The highest BCUT2D eigenvalue weighted by Gasteiger charge is 2.10. The Morgan fingerprint density at radius 3 is 2.35 bits per heavy atom. The molecule has 0 saturated carbocycles. The molecule has 0 aliphatic rings. The van der Waals surface area contributed by atoms with Crippen LogP contribution >= 0.6 is 11.8 Å². The zero-order chi connectivity index (χ0) is 22.5. The molecule has 3 aromatic rings. The maximum atomic E-state index is 12.2. The number of hydrogen-bond donors (Lipinski definition) is 1. The maximum Gasteiger partial charge on any atom is 0.250 e. The number of nitrogens with zero attached hydrogens (tertiary/aromatic N) is 2. The van der Waals surface area contributed by atoms with Crippen LogP contribution in [0.1, 0.15) is 44.8 Å². The molecule has 1 aromatic heterocycles. The van der Waals surface area contributed by atoms with E-state index in [1.54, 1.807) is 18.0 Å². The van der Waals surface area contributed by atoms with Gasteiger partial charge in [-0.1, -0.05) is 35.4 Å². The van der Waals surface area contributed by atoms with Gasteiger partial charge in [-0.2, -0.15) is 5.10 Å². The largest absolute Gasteiger partial charge is 0.318 e. The molecule has 0 fully saturated rings. The molecule has 0 aliphatic carbocycles. The number of carbonyl (C=O) groups excluding carboxylic acids is 1. The number of aryl methyl sites for hydroxylation is 5. The number of rotatable bonds is 7. The van der Waals surface area contributed by atoms with Crippen LogP contribution in [-0.2, 0) is 10.5 Å². The monoisotopic (exact) mass is 433 g/mol. The van der Waals surface area contributed by atoms with Gasteiger partial charge >= 0.3 is 0 Å². The molecular weight excluding hydrogens is 402 g/mol. The van der Waals surface area contributed by atoms with Crippen molar-refractivity contribution >= 4 is 23.9 Å². The van der Waals surface area contributed by atoms with Gasteiger partial charge < -0.3 is 4.57 Å². The van der Waals surface area contributed by atoms with Crippen molar-refractivity contribution in [1.29, 1.82) is 0 Å². The zero-order valence-corrected chi connectivity index (χ0v) is 20.1. The highest BCUT2D eigenvalue weighted by atomic mass is 32.2. The van der Waals surface area contributed by atoms with E-state index in [0.717, 1.165) is 28.4 Å². The van der Waals surface area contributed by atoms with Crippen molar-refractivity contribution in [3.05, 3.63) is 87.2 Å². The van der Waals surface area contributed by atoms with Gasteiger partial charge in [-0.05, 0) is 76.4 Å². The SMILES string of the molecule is Cc1cc(C)cc(CSCC(=O)N/N=C\c2cc(C)n(-c3ccc(C)c(C)c3)c2C)c1. The first kappa shape index (κ1) is 22.9. The summed E-state index contributed by atoms with van der Waals surface area (Å²) in [7, 11) is 0. The molecule has 0 unspecified atom stereocenters. The highest BCUT2D eigenvalue weighted by Crippen LogP contribution is 2.22. The molecular formula is C26H31N3OS. The summed E-state index contributed by atoms with van der Waals surface area (Å²) in [5.74, 6) is 1.11. The minimum absolute atomic E-state index is 0.0893. The molecule has 0 spiro atoms. The first-order chi connectivity index (χ1) is 14.7. The Labute approximate surface area is 189 Å². The fourth-order valence-electron chi connectivity index (χ4n) is 3.80. The van der Waals surface area contributed by atoms with Crippen molar-refractivity contribution in [1.82, 2.24) is 9.99 Å². The number of benzene rings is 2. The van der Waals surface area contributed by atoms with Crippen LogP contribution in [0.2, 0.25) is 0 Å². The van der Waals surface area contributed by atoms with Crippen LogP contribution < -0.4 is 5.43 Å². The molecule has 1 N–H and O–H groups in total. The van der Waals surface area contributed by atoms with E-state index in [-0.39, 0.29) is 5.91 Å². The van der Waals surface area contributed by atoms with Crippen LogP contribution in [-0.4, -0.2) is 22.4 Å². The van der Waals surface area contributed by atoms with Gasteiger partial charge in [0.15, 0.2) is 0 Å². The third kappa shape index (κ3) is 5.88. The Morgan fingerprint density at radius 2 is 1.68 bits per heavy atom. The average Bonchev–Trinajstić information content (AvgIpc) is 2.97. The van der Waals surface area contributed by atoms with Crippen molar-refractivity contribution < 1.29 is 4.79 Å². The molecule has 1 heterocycles. The highest BCUT2D eigenvalue weighted by molar-refractivity contribution is 7.99. The smallest absolute Gasteiger partial charge is 0.250 e. The molecule has 0 bridgehead atoms. The Bertz CT molecular complexity index is 1110. The third-order valence-corrected chi connectivity index (χ3v) is 6.40. The van der Waals surface area contributed by atoms with Gasteiger partial charge in [0, 0.05) is 28.4 Å². The topological polar surface area (TPSA) is 46.4 Å². The van der Waals surface area contributed by atoms with Gasteiger partial charge in [0.05, 0.1) is 12.0 Å². The van der Waals surface area contributed by atoms with E-state index in [0.29, 0.717) is 5.75 Å². The lowest BCUT2D eigenvalue weighted by Gasteiger charge is -2.11. The van der Waals surface area contributed by atoms with Crippen LogP contribution in [0.25, 0.3) is 5.69 Å². The normalized spacial score (nSPS) is 11.3. The predicted molar refractivity (Wildman–Crippen MR) is 133 cm³/mol. The van der Waals surface area contributed by atoms with E-state index in [9.17, 15) is 4.79 Å². The van der Waals surface area contributed by atoms with Gasteiger partial charge in [0.25, 0.3) is 0 Å². The molecule has 31 heavy (non-hydrogen) atoms. The first-order valence-electron chi connectivity index (χ1n) is 10.5. The second kappa shape index (κ2) is 10.0. The molecule has 3 rings (SSSR count). The lowest BCUT2D eigenvalue weighted by molar-refractivity contribution is -0.118. The molecule has 4 nitrogen and oxygen atoms in total. The van der Waals surface area contributed by atoms with Crippen molar-refractivity contribution in [3.8, 4) is 5.69 Å². The summed E-state index contributed by atoms with van der Waals surface area (Å²) in [6.45, 7) is 12.6. The fraction of sp³-hybridized carbons (Fsp3) is 0.308. The van der Waals surface area contributed by atoms with Crippen LogP contribution in [0.15, 0.2) is 47.6 Å². The summed E-state index contributed by atoms with van der Waals surface area (Å²) in [5, 5.41) is 4.18. The van der Waals surface area contributed by atoms with Gasteiger partial charge in [0.1, 0.15) is 0 Å². The average molecular weight is 434 g/mol. The number of carbonyl (C=O) groups is 1. The Morgan fingerprint density at radius 1 is 0.968 bits per heavy atom. The summed E-state index contributed by atoms with van der Waals surface area (Å²) in [4.78, 5) is 12.2. The Hall–Kier alpha value is -2.79. The van der Waals surface area contributed by atoms with E-state index < -0.39 is 0 Å². The molecule has 0 saturated heterocycles. The second-order valence-corrected chi connectivity index (χ2v) is 9.20. The van der Waals surface area contributed by atoms with E-state index >= 15 is 0 Å². The number of nitrogens with one attached hydrogen (secondary N) is 1. The van der Waals surface area contributed by atoms with Gasteiger partial charge in [-0.3, -0.25) is 4.79 Å². The van der Waals surface area contributed by atoms with Gasteiger partial charge in [0.2, 0.25) is 5.91 Å². The van der Waals surface area contributed by atoms with Crippen molar-refractivity contribution in [2.24, 2.45) is 5.10 Å². The van der Waals surface area contributed by atoms with Crippen LogP contribution in [0.5, 0.6) is 0 Å². The molecule has 2 aromatic carbocycles. The Balaban J connectivity index is 1.58. The minimum atomic E-state index is -0.0893. The standard InChI is InChI=1S/C26H31N3OS/c1-17-9-18(2)11-23(10-17)15-31-16-26(30)28-27-14-24-13-21(5)29(22(24)6)25-8-7-19(3)20(4)12-25/h7-14H,15-16H2,1-6H3,(H,28,30)/b27-14-. The molecule has 0 aliphatic heterocycles. The van der Waals surface area contributed by atoms with Crippen LogP contribution in [0.4, 0.5) is 0 Å². The van der Waals surface area contributed by atoms with Crippen LogP contribution in [0, 0.1) is 41.5 Å². The van der Waals surface area contributed by atoms with Crippen LogP contribution in [0.3, 0.4) is 0 Å². The number of aromatic nitrogens is 1. The molecule has 0 radical (unpaired) electrons. The number of hydrogen-bond acceptors (Lipinski definition) is 3. The summed E-state index contributed by atoms with van der Waals surface area (Å²) < 4.78 is 2.22. The van der Waals surface area contributed by atoms with Gasteiger partial charge in [-0.15, -0.1) is 11.8 Å². The molecule has 5 heteroatoms. The lowest BCUT2D eigenvalue weighted by atomic mass is 10.1. The van der Waals surface area contributed by atoms with Crippen molar-refractivity contribution in [2.75, 3.05) is 5.75 Å². The van der Waals surface area contributed by atoms with E-state index in [4.69, 9.17) is 0 Å². The van der Waals surface area contributed by atoms with Gasteiger partial charge in [-0.25, -0.2) is 5.43 Å². The summed E-state index contributed by atoms with van der Waals surface area (Å²) >= 11 is 1.60. The first-order valence-corrected chi connectivity index (χ1v) is 11.6. The quantitative estimate of drug-likeness (QED) is 0.383. The summed E-state index contributed by atoms with van der Waals surface area (Å²) in [5.41, 5.74) is 13.3. The minimum Gasteiger partial charge on any atom is -0.318 e. The number of amides is 1. The van der Waals surface area contributed by atoms with Crippen molar-refractivity contribution in [3.63, 3.8) is 0 Å². The second-order valence-electron chi connectivity index (χ2n) is 8.21. The Kier molecular flexibility index (Phi) is 7.39. The van der Waals surface area contributed by atoms with E-state index in [1.165, 1.54) is 27.8 Å². The number of thioether (sulfide) groups is 1. The summed E-state index contributed by atoms with van der Waals surface area (Å²) in [6, 6.07) is 15.1. The third-order valence-electron chi connectivity index (χ3n) is 5.40. The molecule has 1 amide bonds.